The predicted molar refractivity (Wildman–Crippen MR) is 116 cm³/mol. The van der Waals surface area contributed by atoms with Crippen molar-refractivity contribution in [3.63, 3.8) is 0 Å². The molecule has 0 aromatic carbocycles. The minimum Gasteiger partial charge on any atom is -0.338 e. The molecule has 0 bridgehead atoms. The van der Waals surface area contributed by atoms with Crippen LogP contribution in [0.4, 0.5) is 10.3 Å². The van der Waals surface area contributed by atoms with Crippen LogP contribution in [0.3, 0.4) is 0 Å². The largest absolute Gasteiger partial charge is 0.338 e. The fraction of sp³-hybridized carbons (Fsp3) is 0.429. The van der Waals surface area contributed by atoms with Gasteiger partial charge in [-0.25, -0.2) is 29.3 Å². The van der Waals surface area contributed by atoms with Crippen molar-refractivity contribution in [3.05, 3.63) is 53.7 Å². The normalized spacial score (nSPS) is 20.9. The van der Waals surface area contributed by atoms with Gasteiger partial charge >= 0.3 is 0 Å². The Morgan fingerprint density at radius 1 is 1.09 bits per heavy atom. The minimum absolute atomic E-state index is 0.0430. The molecule has 1 amide bonds. The molecular weight excluding hydrogens is 435 g/mol. The lowest BCUT2D eigenvalue weighted by Gasteiger charge is -2.40. The Kier molecular flexibility index (Phi) is 5.46. The second-order valence-corrected chi connectivity index (χ2v) is 8.50. The van der Waals surface area contributed by atoms with Crippen molar-refractivity contribution in [3.8, 4) is 5.82 Å². The summed E-state index contributed by atoms with van der Waals surface area (Å²) in [7, 11) is 0. The number of amides is 1. The molecule has 0 radical (unpaired) electrons. The number of carbonyl (C=O) groups excluding carboxylic acids is 1. The van der Waals surface area contributed by atoms with Gasteiger partial charge in [0.1, 0.15) is 17.7 Å². The number of nitrogens with zero attached hydrogens (tertiary/aromatic N) is 8. The number of carbonyl (C=O) groups is 1. The minimum atomic E-state index is -1.23. The third-order valence-electron chi connectivity index (χ3n) is 5.86. The Morgan fingerprint density at radius 3 is 2.47 bits per heavy atom. The number of alkyl halides is 1. The predicted octanol–water partition coefficient (Wildman–Crippen LogP) is 2.64. The molecule has 2 atom stereocenters. The Labute approximate surface area is 189 Å². The van der Waals surface area contributed by atoms with E-state index in [2.05, 4.69) is 24.9 Å². The number of imidazole rings is 1. The molecule has 9 nitrogen and oxygen atoms in total. The van der Waals surface area contributed by atoms with E-state index in [-0.39, 0.29) is 24.2 Å². The van der Waals surface area contributed by atoms with E-state index in [1.165, 1.54) is 18.6 Å². The summed E-state index contributed by atoms with van der Waals surface area (Å²) in [6.07, 6.45) is 10.4. The van der Waals surface area contributed by atoms with Gasteiger partial charge in [0, 0.05) is 25.0 Å². The van der Waals surface area contributed by atoms with Gasteiger partial charge in [-0.1, -0.05) is 11.6 Å². The monoisotopic (exact) mass is 456 g/mol. The molecule has 2 fully saturated rings. The van der Waals surface area contributed by atoms with Gasteiger partial charge in [0.15, 0.2) is 5.82 Å². The van der Waals surface area contributed by atoms with E-state index < -0.39 is 12.2 Å². The molecule has 2 aliphatic rings. The Bertz CT molecular complexity index is 1100. The van der Waals surface area contributed by atoms with Crippen LogP contribution < -0.4 is 4.90 Å². The summed E-state index contributed by atoms with van der Waals surface area (Å²) in [6.45, 7) is 2.53. The number of aromatic nitrogens is 6. The van der Waals surface area contributed by atoms with E-state index in [4.69, 9.17) is 11.6 Å². The molecule has 3 aromatic rings. The summed E-state index contributed by atoms with van der Waals surface area (Å²) in [6, 6.07) is -0.475. The number of hydrogen-bond acceptors (Lipinski definition) is 7. The maximum absolute atomic E-state index is 15.3. The summed E-state index contributed by atoms with van der Waals surface area (Å²) >= 11 is 5.85. The summed E-state index contributed by atoms with van der Waals surface area (Å²) < 4.78 is 17.1. The maximum Gasteiger partial charge on any atom is 0.274 e. The topological polar surface area (TPSA) is 92.9 Å². The van der Waals surface area contributed by atoms with Crippen molar-refractivity contribution >= 4 is 23.5 Å². The first kappa shape index (κ1) is 20.7. The summed E-state index contributed by atoms with van der Waals surface area (Å²) in [5, 5.41) is 0.432. The first-order valence-electron chi connectivity index (χ1n) is 10.5. The van der Waals surface area contributed by atoms with Crippen LogP contribution in [0.1, 0.15) is 35.6 Å². The molecule has 1 aliphatic carbocycles. The zero-order chi connectivity index (χ0) is 22.2. The van der Waals surface area contributed by atoms with Crippen LogP contribution in [0, 0.1) is 6.92 Å². The zero-order valence-electron chi connectivity index (χ0n) is 17.5. The van der Waals surface area contributed by atoms with Gasteiger partial charge in [0.05, 0.1) is 42.4 Å². The number of hydrogen-bond donors (Lipinski definition) is 0. The van der Waals surface area contributed by atoms with E-state index in [0.717, 1.165) is 18.7 Å². The summed E-state index contributed by atoms with van der Waals surface area (Å²) in [5.74, 6) is 1.51. The van der Waals surface area contributed by atoms with Crippen molar-refractivity contribution in [2.24, 2.45) is 0 Å². The van der Waals surface area contributed by atoms with Gasteiger partial charge in [-0.2, -0.15) is 0 Å². The molecular formula is C21H22ClFN8O. The van der Waals surface area contributed by atoms with E-state index in [1.54, 1.807) is 33.0 Å². The van der Waals surface area contributed by atoms with E-state index in [0.29, 0.717) is 29.8 Å². The first-order chi connectivity index (χ1) is 15.5. The molecule has 166 valence electrons. The fourth-order valence-electron chi connectivity index (χ4n) is 4.10. The van der Waals surface area contributed by atoms with Crippen molar-refractivity contribution < 1.29 is 9.18 Å². The third kappa shape index (κ3) is 4.02. The molecule has 4 heterocycles. The molecule has 5 rings (SSSR count). The Hall–Kier alpha value is -3.14. The Morgan fingerprint density at radius 2 is 1.88 bits per heavy atom. The summed E-state index contributed by atoms with van der Waals surface area (Å²) in [4.78, 5) is 38.0. The molecule has 1 saturated heterocycles. The number of aryl methyl sites for hydroxylation is 1. The first-order valence-corrected chi connectivity index (χ1v) is 10.9. The fourth-order valence-corrected chi connectivity index (χ4v) is 4.20. The van der Waals surface area contributed by atoms with E-state index in [1.807, 2.05) is 6.92 Å². The lowest BCUT2D eigenvalue weighted by atomic mass is 10.0. The zero-order valence-corrected chi connectivity index (χ0v) is 18.2. The highest BCUT2D eigenvalue weighted by molar-refractivity contribution is 6.30. The molecule has 0 N–H and O–H groups in total. The smallest absolute Gasteiger partial charge is 0.274 e. The van der Waals surface area contributed by atoms with Gasteiger partial charge in [-0.05, 0) is 26.2 Å². The maximum atomic E-state index is 15.3. The van der Waals surface area contributed by atoms with Crippen LogP contribution in [-0.2, 0) is 0 Å². The van der Waals surface area contributed by atoms with Crippen LogP contribution >= 0.6 is 11.6 Å². The van der Waals surface area contributed by atoms with Crippen LogP contribution in [0.15, 0.2) is 37.2 Å². The van der Waals surface area contributed by atoms with Crippen molar-refractivity contribution in [1.82, 2.24) is 34.4 Å². The van der Waals surface area contributed by atoms with Crippen molar-refractivity contribution in [2.75, 3.05) is 18.0 Å². The second kappa shape index (κ2) is 8.42. The number of anilines is 1. The molecule has 0 spiro atoms. The van der Waals surface area contributed by atoms with Gasteiger partial charge in [0.25, 0.3) is 5.91 Å². The molecule has 1 saturated carbocycles. The van der Waals surface area contributed by atoms with E-state index >= 15 is 4.39 Å². The molecule has 32 heavy (non-hydrogen) atoms. The number of piperidine rings is 1. The lowest BCUT2D eigenvalue weighted by molar-refractivity contribution is 0.0480. The highest BCUT2D eigenvalue weighted by atomic mass is 35.5. The average Bonchev–Trinajstić information content (AvgIpc) is 3.55. The van der Waals surface area contributed by atoms with Gasteiger partial charge < -0.3 is 9.80 Å². The average molecular weight is 457 g/mol. The number of rotatable bonds is 5. The quantitative estimate of drug-likeness (QED) is 0.582. The highest BCUT2D eigenvalue weighted by Gasteiger charge is 2.44. The van der Waals surface area contributed by atoms with Gasteiger partial charge in [0.2, 0.25) is 5.95 Å². The highest BCUT2D eigenvalue weighted by Crippen LogP contribution is 2.34. The van der Waals surface area contributed by atoms with Crippen LogP contribution in [-0.4, -0.2) is 71.6 Å². The van der Waals surface area contributed by atoms with Gasteiger partial charge in [-0.3, -0.25) is 9.36 Å². The molecule has 3 aromatic heterocycles. The van der Waals surface area contributed by atoms with E-state index in [9.17, 15) is 4.79 Å². The molecule has 0 unspecified atom stereocenters. The van der Waals surface area contributed by atoms with Gasteiger partial charge in [-0.15, -0.1) is 0 Å². The number of halogens is 2. The second-order valence-electron chi connectivity index (χ2n) is 8.07. The van der Waals surface area contributed by atoms with Crippen molar-refractivity contribution in [1.29, 1.82) is 0 Å². The SMILES string of the molecule is Cc1nccn1-c1cnc(C(=O)N(C2CC2)[C@@H]2CCN(c3ncc(Cl)cn3)C[C@@H]2F)cn1. The van der Waals surface area contributed by atoms with Crippen LogP contribution in [0.5, 0.6) is 0 Å². The summed E-state index contributed by atoms with van der Waals surface area (Å²) in [5.41, 5.74) is 0.217. The lowest BCUT2D eigenvalue weighted by Crippen LogP contribution is -2.55. The molecule has 11 heteroatoms. The van der Waals surface area contributed by atoms with Crippen molar-refractivity contribution in [2.45, 2.75) is 44.4 Å². The molecule has 1 aliphatic heterocycles. The third-order valence-corrected chi connectivity index (χ3v) is 6.05. The standard InChI is InChI=1S/C21H22ClFN8O/c1-13-24-5-7-30(13)19-11-25-17(10-26-19)20(32)31(15-2-3-15)18-4-6-29(12-16(18)23)21-27-8-14(22)9-28-21/h5,7-11,15-16,18H,2-4,6,12H2,1H3/t16-,18+/m0/s1. The van der Waals surface area contributed by atoms with Crippen LogP contribution in [0.25, 0.3) is 5.82 Å². The van der Waals surface area contributed by atoms with Crippen LogP contribution in [0.2, 0.25) is 5.02 Å². The Balaban J connectivity index is 1.32.